The molecular formula is C25H29FN2O3. The van der Waals surface area contributed by atoms with Crippen LogP contribution in [0.5, 0.6) is 0 Å². The fraction of sp³-hybridized carbons (Fsp3) is 0.440. The number of benzene rings is 2. The Morgan fingerprint density at radius 2 is 1.68 bits per heavy atom. The van der Waals surface area contributed by atoms with Gasteiger partial charge in [0, 0.05) is 25.9 Å². The van der Waals surface area contributed by atoms with Crippen molar-refractivity contribution in [3.8, 4) is 11.1 Å². The number of hydrogen-bond acceptors (Lipinski definition) is 3. The van der Waals surface area contributed by atoms with Crippen molar-refractivity contribution >= 4 is 11.8 Å². The van der Waals surface area contributed by atoms with E-state index < -0.39 is 5.60 Å². The molecule has 0 bridgehead atoms. The van der Waals surface area contributed by atoms with Crippen molar-refractivity contribution in [3.63, 3.8) is 0 Å². The van der Waals surface area contributed by atoms with Crippen LogP contribution in [-0.4, -0.2) is 49.1 Å². The number of rotatable bonds is 5. The Kier molecular flexibility index (Phi) is 6.37. The summed E-state index contributed by atoms with van der Waals surface area (Å²) in [6.45, 7) is 1.14. The van der Waals surface area contributed by atoms with Crippen LogP contribution in [-0.2, 0) is 20.7 Å². The molecule has 164 valence electrons. The highest BCUT2D eigenvalue weighted by Crippen LogP contribution is 2.30. The van der Waals surface area contributed by atoms with E-state index in [9.17, 15) is 14.0 Å². The van der Waals surface area contributed by atoms with Gasteiger partial charge in [-0.05, 0) is 41.7 Å². The van der Waals surface area contributed by atoms with Crippen molar-refractivity contribution < 1.29 is 18.7 Å². The summed E-state index contributed by atoms with van der Waals surface area (Å²) in [5.41, 5.74) is 1.75. The number of amides is 2. The van der Waals surface area contributed by atoms with Crippen LogP contribution < -0.4 is 5.32 Å². The minimum Gasteiger partial charge on any atom is -0.361 e. The maximum Gasteiger partial charge on any atom is 0.254 e. The van der Waals surface area contributed by atoms with Crippen LogP contribution in [0.25, 0.3) is 11.1 Å². The molecule has 0 radical (unpaired) electrons. The molecule has 1 heterocycles. The molecule has 31 heavy (non-hydrogen) atoms. The molecule has 2 aromatic rings. The van der Waals surface area contributed by atoms with Crippen molar-refractivity contribution in [2.45, 2.75) is 37.7 Å². The molecule has 2 amide bonds. The quantitative estimate of drug-likeness (QED) is 0.798. The Hall–Kier alpha value is -2.73. The first-order chi connectivity index (χ1) is 15.0. The van der Waals surface area contributed by atoms with Crippen LogP contribution in [0.3, 0.4) is 0 Å². The van der Waals surface area contributed by atoms with E-state index in [0.29, 0.717) is 19.6 Å². The third-order valence-electron chi connectivity index (χ3n) is 6.46. The van der Waals surface area contributed by atoms with E-state index >= 15 is 0 Å². The summed E-state index contributed by atoms with van der Waals surface area (Å²) in [4.78, 5) is 27.7. The second-order valence-corrected chi connectivity index (χ2v) is 8.54. The molecule has 1 N–H and O–H groups in total. The molecule has 5 nitrogen and oxygen atoms in total. The first-order valence-corrected chi connectivity index (χ1v) is 11.0. The van der Waals surface area contributed by atoms with Crippen molar-refractivity contribution in [2.75, 3.05) is 26.7 Å². The molecule has 1 aliphatic heterocycles. The number of nitrogens with one attached hydrogen (secondary N) is 1. The number of likely N-dealkylation sites (N-methyl/N-ethyl adjacent to an activating group) is 1. The topological polar surface area (TPSA) is 58.6 Å². The number of carbonyl (C=O) groups is 2. The lowest BCUT2D eigenvalue weighted by Gasteiger charge is -2.42. The van der Waals surface area contributed by atoms with Crippen LogP contribution >= 0.6 is 0 Å². The standard InChI is InChI=1S/C25H29FN2O3/c1-27-24(30)25(17-28(14-15-31-25)23(29)21-4-2-3-5-21)16-18-6-8-19(9-7-18)20-10-12-22(26)13-11-20/h6-13,21H,2-5,14-17H2,1H3,(H,27,30). The Balaban J connectivity index is 1.53. The summed E-state index contributed by atoms with van der Waals surface area (Å²) in [7, 11) is 1.60. The van der Waals surface area contributed by atoms with Gasteiger partial charge in [0.15, 0.2) is 5.60 Å². The van der Waals surface area contributed by atoms with Gasteiger partial charge in [-0.3, -0.25) is 9.59 Å². The number of halogens is 1. The average Bonchev–Trinajstić information content (AvgIpc) is 3.34. The molecule has 0 spiro atoms. The fourth-order valence-corrected chi connectivity index (χ4v) is 4.74. The van der Waals surface area contributed by atoms with Crippen LogP contribution in [0, 0.1) is 11.7 Å². The number of ether oxygens (including phenoxy) is 1. The van der Waals surface area contributed by atoms with Gasteiger partial charge in [-0.2, -0.15) is 0 Å². The smallest absolute Gasteiger partial charge is 0.254 e. The Bertz CT molecular complexity index is 923. The molecule has 2 aliphatic rings. The van der Waals surface area contributed by atoms with E-state index in [4.69, 9.17) is 4.74 Å². The Morgan fingerprint density at radius 1 is 1.06 bits per heavy atom. The van der Waals surface area contributed by atoms with Crippen LogP contribution in [0.1, 0.15) is 31.2 Å². The lowest BCUT2D eigenvalue weighted by Crippen LogP contribution is -2.62. The van der Waals surface area contributed by atoms with Crippen molar-refractivity contribution in [1.82, 2.24) is 10.2 Å². The Labute approximate surface area is 182 Å². The van der Waals surface area contributed by atoms with Crippen LogP contribution in [0.15, 0.2) is 48.5 Å². The highest BCUT2D eigenvalue weighted by atomic mass is 19.1. The minimum atomic E-state index is -1.10. The molecule has 1 saturated carbocycles. The maximum absolute atomic E-state index is 13.2. The SMILES string of the molecule is CNC(=O)C1(Cc2ccc(-c3ccc(F)cc3)cc2)CN(C(=O)C2CCCC2)CCO1. The molecule has 2 fully saturated rings. The van der Waals surface area contributed by atoms with Gasteiger partial charge in [0.1, 0.15) is 5.82 Å². The van der Waals surface area contributed by atoms with E-state index in [0.717, 1.165) is 42.4 Å². The van der Waals surface area contributed by atoms with Gasteiger partial charge in [-0.1, -0.05) is 49.2 Å². The molecule has 4 rings (SSSR count). The van der Waals surface area contributed by atoms with E-state index in [1.165, 1.54) is 12.1 Å². The maximum atomic E-state index is 13.2. The molecule has 0 aromatic heterocycles. The lowest BCUT2D eigenvalue weighted by molar-refractivity contribution is -0.167. The summed E-state index contributed by atoms with van der Waals surface area (Å²) in [6.07, 6.45) is 4.45. The molecule has 1 unspecified atom stereocenters. The zero-order valence-electron chi connectivity index (χ0n) is 17.9. The fourth-order valence-electron chi connectivity index (χ4n) is 4.74. The zero-order chi connectivity index (χ0) is 21.8. The minimum absolute atomic E-state index is 0.0791. The van der Waals surface area contributed by atoms with E-state index in [-0.39, 0.29) is 30.1 Å². The van der Waals surface area contributed by atoms with Crippen molar-refractivity contribution in [1.29, 1.82) is 0 Å². The monoisotopic (exact) mass is 424 g/mol. The third kappa shape index (κ3) is 4.64. The molecule has 2 aromatic carbocycles. The second kappa shape index (κ2) is 9.18. The number of nitrogens with zero attached hydrogens (tertiary/aromatic N) is 1. The molecule has 1 saturated heterocycles. The van der Waals surface area contributed by atoms with E-state index in [1.54, 1.807) is 19.2 Å². The second-order valence-electron chi connectivity index (χ2n) is 8.54. The van der Waals surface area contributed by atoms with Gasteiger partial charge in [-0.25, -0.2) is 4.39 Å². The van der Waals surface area contributed by atoms with Crippen LogP contribution in [0.4, 0.5) is 4.39 Å². The van der Waals surface area contributed by atoms with Crippen molar-refractivity contribution in [3.05, 3.63) is 59.9 Å². The first-order valence-electron chi connectivity index (χ1n) is 11.0. The molecular weight excluding hydrogens is 395 g/mol. The van der Waals surface area contributed by atoms with Crippen molar-refractivity contribution in [2.24, 2.45) is 5.92 Å². The number of morpholine rings is 1. The first kappa shape index (κ1) is 21.5. The normalized spacial score (nSPS) is 21.8. The Morgan fingerprint density at radius 3 is 2.29 bits per heavy atom. The number of carbonyl (C=O) groups excluding carboxylic acids is 2. The largest absolute Gasteiger partial charge is 0.361 e. The van der Waals surface area contributed by atoms with Crippen LogP contribution in [0.2, 0.25) is 0 Å². The summed E-state index contributed by atoms with van der Waals surface area (Å²) < 4.78 is 19.2. The number of hydrogen-bond donors (Lipinski definition) is 1. The van der Waals surface area contributed by atoms with Gasteiger partial charge in [0.25, 0.3) is 5.91 Å². The predicted octanol–water partition coefficient (Wildman–Crippen LogP) is 3.57. The van der Waals surface area contributed by atoms with Gasteiger partial charge < -0.3 is 15.0 Å². The van der Waals surface area contributed by atoms with Gasteiger partial charge in [-0.15, -0.1) is 0 Å². The summed E-state index contributed by atoms with van der Waals surface area (Å²) in [6, 6.07) is 14.2. The van der Waals surface area contributed by atoms with E-state index in [1.807, 2.05) is 29.2 Å². The van der Waals surface area contributed by atoms with Gasteiger partial charge in [0.2, 0.25) is 5.91 Å². The summed E-state index contributed by atoms with van der Waals surface area (Å²) in [5, 5.41) is 2.73. The summed E-state index contributed by atoms with van der Waals surface area (Å²) in [5.74, 6) is -0.241. The van der Waals surface area contributed by atoms with E-state index in [2.05, 4.69) is 5.32 Å². The molecule has 6 heteroatoms. The highest BCUT2D eigenvalue weighted by Gasteiger charge is 2.45. The predicted molar refractivity (Wildman–Crippen MR) is 117 cm³/mol. The van der Waals surface area contributed by atoms with Gasteiger partial charge >= 0.3 is 0 Å². The summed E-state index contributed by atoms with van der Waals surface area (Å²) >= 11 is 0. The lowest BCUT2D eigenvalue weighted by atomic mass is 9.90. The third-order valence-corrected chi connectivity index (χ3v) is 6.46. The highest BCUT2D eigenvalue weighted by molar-refractivity contribution is 5.87. The average molecular weight is 425 g/mol. The molecule has 1 aliphatic carbocycles. The van der Waals surface area contributed by atoms with Gasteiger partial charge in [0.05, 0.1) is 13.2 Å². The molecule has 1 atom stereocenters. The zero-order valence-corrected chi connectivity index (χ0v) is 17.9.